The molecule has 2 atom stereocenters. The van der Waals surface area contributed by atoms with Crippen molar-refractivity contribution in [1.82, 2.24) is 15.3 Å². The highest BCUT2D eigenvalue weighted by molar-refractivity contribution is 5.97. The summed E-state index contributed by atoms with van der Waals surface area (Å²) in [4.78, 5) is 20.1. The van der Waals surface area contributed by atoms with Crippen molar-refractivity contribution in [3.63, 3.8) is 0 Å². The maximum Gasteiger partial charge on any atom is 0.251 e. The molecule has 3 rings (SSSR count). The number of aryl methyl sites for hydroxylation is 1. The molecule has 1 amide bonds. The van der Waals surface area contributed by atoms with Crippen molar-refractivity contribution >= 4 is 16.9 Å². The molecule has 0 aliphatic carbocycles. The number of nitrogens with one attached hydrogen (secondary N) is 2. The largest absolute Gasteiger partial charge is 0.379 e. The van der Waals surface area contributed by atoms with Gasteiger partial charge in [0.2, 0.25) is 0 Å². The van der Waals surface area contributed by atoms with Crippen LogP contribution in [0, 0.1) is 6.92 Å². The molecule has 1 fully saturated rings. The Morgan fingerprint density at radius 2 is 2.32 bits per heavy atom. The molecule has 0 saturated carbocycles. The Morgan fingerprint density at radius 3 is 3.12 bits per heavy atom. The predicted molar refractivity (Wildman–Crippen MR) is 96.7 cm³/mol. The number of hydrogen-bond acceptors (Lipinski definition) is 4. The monoisotopic (exact) mass is 343 g/mol. The Morgan fingerprint density at radius 1 is 1.48 bits per heavy atom. The van der Waals surface area contributed by atoms with E-state index < -0.39 is 0 Å². The van der Waals surface area contributed by atoms with Crippen molar-refractivity contribution in [3.8, 4) is 0 Å². The van der Waals surface area contributed by atoms with Gasteiger partial charge in [0.1, 0.15) is 5.82 Å². The number of carbonyl (C=O) groups excluding carboxylic acids is 1. The van der Waals surface area contributed by atoms with Crippen LogP contribution in [0.25, 0.3) is 11.0 Å². The zero-order chi connectivity index (χ0) is 17.8. The molecule has 0 bridgehead atoms. The molecule has 1 aromatic heterocycles. The van der Waals surface area contributed by atoms with E-state index in [-0.39, 0.29) is 18.1 Å². The van der Waals surface area contributed by atoms with Gasteiger partial charge in [0, 0.05) is 12.2 Å². The second-order valence-corrected chi connectivity index (χ2v) is 6.65. The molecule has 1 aliphatic rings. The molecule has 6 heteroatoms. The summed E-state index contributed by atoms with van der Waals surface area (Å²) in [6, 6.07) is 5.33. The fourth-order valence-electron chi connectivity index (χ4n) is 2.92. The van der Waals surface area contributed by atoms with Crippen LogP contribution in [0.15, 0.2) is 29.8 Å². The molecule has 1 aromatic carbocycles. The Kier molecular flexibility index (Phi) is 5.50. The average molecular weight is 343 g/mol. The average Bonchev–Trinajstić information content (AvgIpc) is 2.95. The number of aromatic nitrogens is 2. The van der Waals surface area contributed by atoms with E-state index in [1.165, 1.54) is 5.57 Å². The van der Waals surface area contributed by atoms with Crippen LogP contribution in [-0.4, -0.2) is 47.8 Å². The molecule has 2 unspecified atom stereocenters. The first-order chi connectivity index (χ1) is 12.0. The minimum Gasteiger partial charge on any atom is -0.379 e. The Balaban J connectivity index is 1.67. The fourth-order valence-corrected chi connectivity index (χ4v) is 2.92. The summed E-state index contributed by atoms with van der Waals surface area (Å²) >= 11 is 0. The Hall–Kier alpha value is -2.18. The van der Waals surface area contributed by atoms with Gasteiger partial charge in [-0.25, -0.2) is 4.98 Å². The number of hydrogen-bond donors (Lipinski definition) is 2. The number of nitrogens with zero attached hydrogens (tertiary/aromatic N) is 1. The van der Waals surface area contributed by atoms with Gasteiger partial charge < -0.3 is 19.8 Å². The molecule has 6 nitrogen and oxygen atoms in total. The number of imidazole rings is 1. The summed E-state index contributed by atoms with van der Waals surface area (Å²) in [5.41, 5.74) is 3.54. The van der Waals surface area contributed by atoms with E-state index in [1.807, 2.05) is 39.0 Å². The highest BCUT2D eigenvalue weighted by atomic mass is 16.5. The van der Waals surface area contributed by atoms with E-state index in [9.17, 15) is 4.79 Å². The van der Waals surface area contributed by atoms with E-state index in [0.717, 1.165) is 23.3 Å². The summed E-state index contributed by atoms with van der Waals surface area (Å²) in [5.74, 6) is 0.710. The fraction of sp³-hybridized carbons (Fsp3) is 0.474. The van der Waals surface area contributed by atoms with E-state index in [2.05, 4.69) is 15.3 Å². The SMILES string of the molecule is CC(C)=CCOC1CCOCC1NC(=O)c1ccc2nc(C)[nH]c2c1. The maximum atomic E-state index is 12.6. The van der Waals surface area contributed by atoms with E-state index in [4.69, 9.17) is 9.47 Å². The third-order valence-electron chi connectivity index (χ3n) is 4.27. The van der Waals surface area contributed by atoms with Crippen LogP contribution in [0.4, 0.5) is 0 Å². The van der Waals surface area contributed by atoms with Gasteiger partial charge in [0.15, 0.2) is 0 Å². The molecule has 134 valence electrons. The van der Waals surface area contributed by atoms with Crippen molar-refractivity contribution in [2.24, 2.45) is 0 Å². The molecule has 25 heavy (non-hydrogen) atoms. The standard InChI is InChI=1S/C19H25N3O3/c1-12(2)6-9-25-18-7-8-24-11-17(18)22-19(23)14-4-5-15-16(10-14)21-13(3)20-15/h4-6,10,17-18H,7-9,11H2,1-3H3,(H,20,21)(H,22,23). The number of benzene rings is 1. The lowest BCUT2D eigenvalue weighted by Gasteiger charge is -2.31. The first kappa shape index (κ1) is 17.6. The van der Waals surface area contributed by atoms with E-state index in [1.54, 1.807) is 6.07 Å². The number of rotatable bonds is 5. The van der Waals surface area contributed by atoms with Gasteiger partial charge in [-0.1, -0.05) is 11.6 Å². The number of fused-ring (bicyclic) bond motifs is 1. The van der Waals surface area contributed by atoms with Crippen LogP contribution in [0.2, 0.25) is 0 Å². The van der Waals surface area contributed by atoms with Gasteiger partial charge >= 0.3 is 0 Å². The number of carbonyl (C=O) groups is 1. The van der Waals surface area contributed by atoms with Gasteiger partial charge in [0.25, 0.3) is 5.91 Å². The Labute approximate surface area is 147 Å². The summed E-state index contributed by atoms with van der Waals surface area (Å²) < 4.78 is 11.5. The molecular formula is C19H25N3O3. The topological polar surface area (TPSA) is 76.2 Å². The van der Waals surface area contributed by atoms with Crippen LogP contribution in [0.1, 0.15) is 36.5 Å². The van der Waals surface area contributed by atoms with Crippen LogP contribution in [0.3, 0.4) is 0 Å². The van der Waals surface area contributed by atoms with Crippen LogP contribution in [-0.2, 0) is 9.47 Å². The second kappa shape index (κ2) is 7.80. The zero-order valence-corrected chi connectivity index (χ0v) is 15.0. The van der Waals surface area contributed by atoms with Crippen LogP contribution in [0.5, 0.6) is 0 Å². The zero-order valence-electron chi connectivity index (χ0n) is 15.0. The molecule has 2 aromatic rings. The highest BCUT2D eigenvalue weighted by Crippen LogP contribution is 2.16. The molecule has 1 saturated heterocycles. The highest BCUT2D eigenvalue weighted by Gasteiger charge is 2.28. The summed E-state index contributed by atoms with van der Waals surface area (Å²) in [6.45, 7) is 7.66. The van der Waals surface area contributed by atoms with Crippen molar-refractivity contribution in [3.05, 3.63) is 41.2 Å². The van der Waals surface area contributed by atoms with E-state index >= 15 is 0 Å². The maximum absolute atomic E-state index is 12.6. The van der Waals surface area contributed by atoms with Gasteiger partial charge in [0.05, 0.1) is 36.4 Å². The molecule has 1 aliphatic heterocycles. The van der Waals surface area contributed by atoms with E-state index in [0.29, 0.717) is 25.4 Å². The summed E-state index contributed by atoms with van der Waals surface area (Å²) in [6.07, 6.45) is 2.79. The first-order valence-electron chi connectivity index (χ1n) is 8.63. The van der Waals surface area contributed by atoms with Crippen molar-refractivity contribution in [2.75, 3.05) is 19.8 Å². The number of aromatic amines is 1. The normalized spacial score (nSPS) is 20.4. The first-order valence-corrected chi connectivity index (χ1v) is 8.63. The van der Waals surface area contributed by atoms with Crippen LogP contribution >= 0.6 is 0 Å². The number of allylic oxidation sites excluding steroid dienone is 1. The second-order valence-electron chi connectivity index (χ2n) is 6.65. The Bertz CT molecular complexity index is 777. The van der Waals surface area contributed by atoms with Gasteiger partial charge in [-0.2, -0.15) is 0 Å². The molecule has 2 N–H and O–H groups in total. The summed E-state index contributed by atoms with van der Waals surface area (Å²) in [5, 5.41) is 3.05. The lowest BCUT2D eigenvalue weighted by Crippen LogP contribution is -2.50. The molecule has 2 heterocycles. The van der Waals surface area contributed by atoms with Crippen molar-refractivity contribution in [2.45, 2.75) is 39.3 Å². The van der Waals surface area contributed by atoms with Gasteiger partial charge in [-0.15, -0.1) is 0 Å². The smallest absolute Gasteiger partial charge is 0.251 e. The molecule has 0 spiro atoms. The predicted octanol–water partition coefficient (Wildman–Crippen LogP) is 2.74. The molecule has 0 radical (unpaired) electrons. The quantitative estimate of drug-likeness (QED) is 0.819. The van der Waals surface area contributed by atoms with Gasteiger partial charge in [-0.3, -0.25) is 4.79 Å². The number of H-pyrrole nitrogens is 1. The minimum atomic E-state index is -0.147. The third-order valence-corrected chi connectivity index (χ3v) is 4.27. The minimum absolute atomic E-state index is 0.0357. The van der Waals surface area contributed by atoms with Crippen molar-refractivity contribution in [1.29, 1.82) is 0 Å². The molecular weight excluding hydrogens is 318 g/mol. The number of amides is 1. The number of ether oxygens (including phenoxy) is 2. The van der Waals surface area contributed by atoms with Crippen LogP contribution < -0.4 is 5.32 Å². The van der Waals surface area contributed by atoms with Crippen molar-refractivity contribution < 1.29 is 14.3 Å². The van der Waals surface area contributed by atoms with Gasteiger partial charge in [-0.05, 0) is 45.4 Å². The lowest BCUT2D eigenvalue weighted by molar-refractivity contribution is -0.0457. The lowest BCUT2D eigenvalue weighted by atomic mass is 10.1. The summed E-state index contributed by atoms with van der Waals surface area (Å²) in [7, 11) is 0. The third kappa shape index (κ3) is 4.46.